The maximum atomic E-state index is 3.73. The molecule has 0 saturated heterocycles. The van der Waals surface area contributed by atoms with Crippen molar-refractivity contribution in [3.63, 3.8) is 0 Å². The van der Waals surface area contributed by atoms with E-state index in [1.807, 2.05) is 0 Å². The van der Waals surface area contributed by atoms with Gasteiger partial charge in [0.1, 0.15) is 0 Å². The van der Waals surface area contributed by atoms with Crippen LogP contribution >= 0.6 is 0 Å². The average molecular weight is 151 g/mol. The summed E-state index contributed by atoms with van der Waals surface area (Å²) in [6.07, 6.45) is 14.6. The van der Waals surface area contributed by atoms with E-state index in [0.29, 0.717) is 0 Å². The first-order valence-corrected chi connectivity index (χ1v) is 4.51. The summed E-state index contributed by atoms with van der Waals surface area (Å²) in [4.78, 5) is 0. The molecule has 0 unspecified atom stereocenters. The molecule has 63 valence electrons. The second kappa shape index (κ2) is 9.48. The van der Waals surface area contributed by atoms with Gasteiger partial charge in [-0.15, -0.1) is 0 Å². The first-order chi connectivity index (χ1) is 5.41. The van der Waals surface area contributed by atoms with Crippen LogP contribution in [0.4, 0.5) is 0 Å². The second-order valence-corrected chi connectivity index (χ2v) is 2.57. The normalized spacial score (nSPS) is 11.8. The molecule has 0 fully saturated rings. The van der Waals surface area contributed by atoms with Gasteiger partial charge in [-0.2, -0.15) is 0 Å². The van der Waals surface area contributed by atoms with Gasteiger partial charge in [0.15, 0.2) is 0 Å². The molecule has 0 rings (SSSR count). The first-order valence-electron chi connectivity index (χ1n) is 4.51. The molecule has 0 heterocycles. The van der Waals surface area contributed by atoms with Gasteiger partial charge in [-0.3, -0.25) is 0 Å². The summed E-state index contributed by atoms with van der Waals surface area (Å²) in [5.41, 5.74) is 0. The summed E-state index contributed by atoms with van der Waals surface area (Å²) < 4.78 is 0. The van der Waals surface area contributed by atoms with E-state index < -0.39 is 0 Å². The van der Waals surface area contributed by atoms with E-state index in [1.54, 1.807) is 0 Å². The van der Waals surface area contributed by atoms with Crippen LogP contribution in [0.15, 0.2) is 24.3 Å². The minimum Gasteiger partial charge on any atom is -0.0888 e. The quantitative estimate of drug-likeness (QED) is 0.399. The molecule has 0 bridgehead atoms. The fraction of sp³-hybridized carbons (Fsp3) is 0.545. The van der Waals surface area contributed by atoms with Gasteiger partial charge in [0.05, 0.1) is 0 Å². The van der Waals surface area contributed by atoms with Crippen molar-refractivity contribution in [2.24, 2.45) is 0 Å². The highest BCUT2D eigenvalue weighted by atomic mass is 13.8. The Labute approximate surface area is 71.0 Å². The van der Waals surface area contributed by atoms with Crippen LogP contribution in [0.1, 0.15) is 39.0 Å². The monoisotopic (exact) mass is 151 g/mol. The molecule has 0 N–H and O–H groups in total. The Kier molecular flexibility index (Phi) is 9.03. The van der Waals surface area contributed by atoms with Gasteiger partial charge in [-0.1, -0.05) is 31.2 Å². The first kappa shape index (κ1) is 10.5. The van der Waals surface area contributed by atoms with E-state index >= 15 is 0 Å². The minimum absolute atomic E-state index is 0.921. The molecule has 0 aromatic rings. The molecule has 0 aromatic heterocycles. The van der Waals surface area contributed by atoms with E-state index in [4.69, 9.17) is 0 Å². The van der Waals surface area contributed by atoms with Crippen LogP contribution in [0.25, 0.3) is 0 Å². The Balaban J connectivity index is 3.02. The van der Waals surface area contributed by atoms with Gasteiger partial charge in [0.2, 0.25) is 0 Å². The average Bonchev–Trinajstić information content (AvgIpc) is 2.03. The highest BCUT2D eigenvalue weighted by Crippen LogP contribution is 1.98. The van der Waals surface area contributed by atoms with Gasteiger partial charge in [0.25, 0.3) is 0 Å². The summed E-state index contributed by atoms with van der Waals surface area (Å²) in [6.45, 7) is 5.90. The van der Waals surface area contributed by atoms with Crippen molar-refractivity contribution in [1.29, 1.82) is 0 Å². The van der Waals surface area contributed by atoms with E-state index in [1.165, 1.54) is 19.3 Å². The lowest BCUT2D eigenvalue weighted by Crippen LogP contribution is -1.68. The molecule has 0 atom stereocenters. The molecule has 0 aromatic carbocycles. The molecule has 0 amide bonds. The lowest BCUT2D eigenvalue weighted by molar-refractivity contribution is 0.863. The van der Waals surface area contributed by atoms with Gasteiger partial charge < -0.3 is 0 Å². The number of rotatable bonds is 6. The van der Waals surface area contributed by atoms with Crippen LogP contribution in [0.2, 0.25) is 0 Å². The SMILES string of the molecule is [CH2]C/C=C/CCC/C=C/CC. The van der Waals surface area contributed by atoms with Crippen molar-refractivity contribution in [3.05, 3.63) is 31.2 Å². The topological polar surface area (TPSA) is 0 Å². The molecule has 0 nitrogen and oxygen atoms in total. The van der Waals surface area contributed by atoms with Gasteiger partial charge >= 0.3 is 0 Å². The zero-order valence-corrected chi connectivity index (χ0v) is 7.55. The Morgan fingerprint density at radius 1 is 1.00 bits per heavy atom. The molecule has 0 aliphatic carbocycles. The molecular formula is C11H19. The van der Waals surface area contributed by atoms with Crippen molar-refractivity contribution in [3.8, 4) is 0 Å². The summed E-state index contributed by atoms with van der Waals surface area (Å²) in [5, 5.41) is 0. The third kappa shape index (κ3) is 9.48. The number of unbranched alkanes of at least 4 members (excludes halogenated alkanes) is 2. The molecular weight excluding hydrogens is 132 g/mol. The van der Waals surface area contributed by atoms with Crippen molar-refractivity contribution in [1.82, 2.24) is 0 Å². The van der Waals surface area contributed by atoms with E-state index in [-0.39, 0.29) is 0 Å². The minimum atomic E-state index is 0.921. The van der Waals surface area contributed by atoms with Gasteiger partial charge in [-0.05, 0) is 39.0 Å². The van der Waals surface area contributed by atoms with E-state index in [2.05, 4.69) is 38.2 Å². The largest absolute Gasteiger partial charge is 0.0888 e. The maximum absolute atomic E-state index is 3.73. The summed E-state index contributed by atoms with van der Waals surface area (Å²) in [7, 11) is 0. The smallest absolute Gasteiger partial charge is 0.0348 e. The summed E-state index contributed by atoms with van der Waals surface area (Å²) >= 11 is 0. The van der Waals surface area contributed by atoms with Crippen LogP contribution in [0, 0.1) is 6.92 Å². The number of hydrogen-bond donors (Lipinski definition) is 0. The second-order valence-electron chi connectivity index (χ2n) is 2.57. The fourth-order valence-electron chi connectivity index (χ4n) is 0.874. The predicted molar refractivity (Wildman–Crippen MR) is 52.4 cm³/mol. The standard InChI is InChI=1S/C11H19/c1-3-5-7-9-11-10-8-6-4-2/h5-8H,1,3-4,9-11H2,2H3/b7-5+,8-6+. The summed E-state index contributed by atoms with van der Waals surface area (Å²) in [5.74, 6) is 0. The van der Waals surface area contributed by atoms with Gasteiger partial charge in [-0.25, -0.2) is 0 Å². The Hall–Kier alpha value is -0.520. The molecule has 1 radical (unpaired) electrons. The van der Waals surface area contributed by atoms with Crippen LogP contribution in [0.3, 0.4) is 0 Å². The van der Waals surface area contributed by atoms with Crippen molar-refractivity contribution < 1.29 is 0 Å². The van der Waals surface area contributed by atoms with E-state index in [0.717, 1.165) is 12.8 Å². The van der Waals surface area contributed by atoms with Crippen LogP contribution < -0.4 is 0 Å². The highest BCUT2D eigenvalue weighted by Gasteiger charge is 1.78. The Bertz CT molecular complexity index is 95.2. The molecule has 0 heteroatoms. The maximum Gasteiger partial charge on any atom is -0.0348 e. The van der Waals surface area contributed by atoms with Crippen LogP contribution in [0.5, 0.6) is 0 Å². The molecule has 11 heavy (non-hydrogen) atoms. The molecule has 0 spiro atoms. The van der Waals surface area contributed by atoms with Crippen molar-refractivity contribution in [2.75, 3.05) is 0 Å². The van der Waals surface area contributed by atoms with Crippen molar-refractivity contribution >= 4 is 0 Å². The van der Waals surface area contributed by atoms with Gasteiger partial charge in [0, 0.05) is 0 Å². The molecule has 0 aliphatic rings. The lowest BCUT2D eigenvalue weighted by atomic mass is 10.2. The molecule has 0 aliphatic heterocycles. The summed E-state index contributed by atoms with van der Waals surface area (Å²) in [6, 6.07) is 0. The van der Waals surface area contributed by atoms with Crippen LogP contribution in [-0.4, -0.2) is 0 Å². The molecule has 0 saturated carbocycles. The third-order valence-electron chi connectivity index (χ3n) is 1.48. The fourth-order valence-corrected chi connectivity index (χ4v) is 0.874. The van der Waals surface area contributed by atoms with Crippen LogP contribution in [-0.2, 0) is 0 Å². The third-order valence-corrected chi connectivity index (χ3v) is 1.48. The van der Waals surface area contributed by atoms with Crippen molar-refractivity contribution in [2.45, 2.75) is 39.0 Å². The number of hydrogen-bond acceptors (Lipinski definition) is 0. The zero-order valence-electron chi connectivity index (χ0n) is 7.55. The number of allylic oxidation sites excluding steroid dienone is 4. The lowest BCUT2D eigenvalue weighted by Gasteiger charge is -1.88. The highest BCUT2D eigenvalue weighted by molar-refractivity contribution is 4.85. The van der Waals surface area contributed by atoms with E-state index in [9.17, 15) is 0 Å². The zero-order chi connectivity index (χ0) is 8.36. The predicted octanol–water partition coefficient (Wildman–Crippen LogP) is 3.90. The Morgan fingerprint density at radius 3 is 2.18 bits per heavy atom. The Morgan fingerprint density at radius 2 is 1.64 bits per heavy atom.